The summed E-state index contributed by atoms with van der Waals surface area (Å²) in [6.45, 7) is 0.566. The molecule has 0 heterocycles. The topological polar surface area (TPSA) is 52.6 Å². The smallest absolute Gasteiger partial charge is 0.426 e. The Hall–Kier alpha value is -3.79. The van der Waals surface area contributed by atoms with E-state index >= 15 is 0 Å². The molecule has 0 saturated heterocycles. The zero-order valence-electron chi connectivity index (χ0n) is 21.6. The van der Waals surface area contributed by atoms with Crippen molar-refractivity contribution >= 4 is 35.0 Å². The lowest BCUT2D eigenvalue weighted by Crippen LogP contribution is -2.45. The minimum Gasteiger partial charge on any atom is -0.464 e. The summed E-state index contributed by atoms with van der Waals surface area (Å²) in [5.41, 5.74) is -1.18. The summed E-state index contributed by atoms with van der Waals surface area (Å²) in [5.74, 6) is -2.53. The highest BCUT2D eigenvalue weighted by Gasteiger charge is 2.63. The Labute approximate surface area is 246 Å². The maximum atomic E-state index is 14.2. The summed E-state index contributed by atoms with van der Waals surface area (Å²) < 4.78 is 79.5. The van der Waals surface area contributed by atoms with Gasteiger partial charge in [-0.3, -0.25) is 4.79 Å². The van der Waals surface area contributed by atoms with E-state index in [-0.39, 0.29) is 39.1 Å². The summed E-state index contributed by atoms with van der Waals surface area (Å²) in [4.78, 5) is 23.6. The molecule has 2 aliphatic carbocycles. The Bertz CT molecular complexity index is 1740. The van der Waals surface area contributed by atoms with E-state index in [1.165, 1.54) is 37.3 Å². The number of ketones is 1. The van der Waals surface area contributed by atoms with Gasteiger partial charge < -0.3 is 9.47 Å². The van der Waals surface area contributed by atoms with Crippen LogP contribution in [0.1, 0.15) is 34.0 Å². The van der Waals surface area contributed by atoms with Gasteiger partial charge in [0.15, 0.2) is 5.78 Å². The van der Waals surface area contributed by atoms with Crippen LogP contribution in [-0.4, -0.2) is 31.1 Å². The molecule has 42 heavy (non-hydrogen) atoms. The van der Waals surface area contributed by atoms with Crippen molar-refractivity contribution in [2.24, 2.45) is 0 Å². The molecule has 0 amide bonds. The normalized spacial score (nSPS) is 16.1. The molecule has 4 nitrogen and oxygen atoms in total. The fourth-order valence-electron chi connectivity index (χ4n) is 5.26. The van der Waals surface area contributed by atoms with Crippen molar-refractivity contribution in [3.05, 3.63) is 117 Å². The summed E-state index contributed by atoms with van der Waals surface area (Å²) in [5, 5.41) is 0.117. The molecule has 11 heteroatoms. The van der Waals surface area contributed by atoms with Gasteiger partial charge in [0, 0.05) is 33.4 Å². The van der Waals surface area contributed by atoms with E-state index in [2.05, 4.69) is 4.74 Å². The van der Waals surface area contributed by atoms with Gasteiger partial charge in [0.2, 0.25) is 5.60 Å². The van der Waals surface area contributed by atoms with Crippen LogP contribution >= 0.6 is 23.2 Å². The van der Waals surface area contributed by atoms with E-state index in [0.29, 0.717) is 16.7 Å². The van der Waals surface area contributed by atoms with Crippen LogP contribution in [-0.2, 0) is 19.9 Å². The molecule has 0 fully saturated rings. The Morgan fingerprint density at radius 3 is 2.00 bits per heavy atom. The standard InChI is InChI=1S/C18H13ClF4O3.C13H6ClFO/c1-2-25-15(24)9-26-17(18(21,22)23)12-6-4-3-5-11(12)16-13(17)7-10(20)8-14(16)19;14-11-6-7(15)5-10-12(11)8-3-1-2-4-9(8)13(10)16/h3-8H,2,9H2,1H3;1-6H. The molecule has 4 aromatic carbocycles. The van der Waals surface area contributed by atoms with E-state index < -0.39 is 41.6 Å². The first-order chi connectivity index (χ1) is 19.9. The molecule has 2 aliphatic rings. The number of esters is 1. The minimum atomic E-state index is -4.97. The number of fused-ring (bicyclic) bond motifs is 6. The average Bonchev–Trinajstić information content (AvgIpc) is 3.38. The van der Waals surface area contributed by atoms with Gasteiger partial charge >= 0.3 is 12.1 Å². The average molecular weight is 621 g/mol. The molecule has 0 radical (unpaired) electrons. The van der Waals surface area contributed by atoms with E-state index in [1.54, 1.807) is 18.2 Å². The Morgan fingerprint density at radius 1 is 0.786 bits per heavy atom. The third-order valence-electron chi connectivity index (χ3n) is 6.86. The number of hydrogen-bond acceptors (Lipinski definition) is 4. The second-order valence-electron chi connectivity index (χ2n) is 9.31. The summed E-state index contributed by atoms with van der Waals surface area (Å²) in [7, 11) is 0. The van der Waals surface area contributed by atoms with Crippen molar-refractivity contribution in [3.8, 4) is 22.3 Å². The first-order valence-electron chi connectivity index (χ1n) is 12.5. The van der Waals surface area contributed by atoms with Crippen LogP contribution in [0, 0.1) is 11.6 Å². The number of hydrogen-bond donors (Lipinski definition) is 0. The van der Waals surface area contributed by atoms with E-state index in [9.17, 15) is 31.5 Å². The molecular formula is C31H19Cl2F5O4. The van der Waals surface area contributed by atoms with Crippen molar-refractivity contribution < 1.29 is 41.0 Å². The highest BCUT2D eigenvalue weighted by Crippen LogP contribution is 2.58. The van der Waals surface area contributed by atoms with Gasteiger partial charge in [-0.2, -0.15) is 13.2 Å². The summed E-state index contributed by atoms with van der Waals surface area (Å²) >= 11 is 12.0. The van der Waals surface area contributed by atoms with Crippen molar-refractivity contribution in [1.29, 1.82) is 0 Å². The van der Waals surface area contributed by atoms with Gasteiger partial charge in [0.1, 0.15) is 18.2 Å². The fourth-order valence-corrected chi connectivity index (χ4v) is 5.88. The van der Waals surface area contributed by atoms with Crippen LogP contribution in [0.3, 0.4) is 0 Å². The fraction of sp³-hybridized carbons (Fsp3) is 0.161. The Balaban J connectivity index is 0.000000187. The van der Waals surface area contributed by atoms with E-state index in [4.69, 9.17) is 27.9 Å². The van der Waals surface area contributed by atoms with Gasteiger partial charge in [0.25, 0.3) is 0 Å². The number of rotatable bonds is 4. The van der Waals surface area contributed by atoms with Crippen LogP contribution in [0.4, 0.5) is 22.0 Å². The van der Waals surface area contributed by atoms with Gasteiger partial charge in [-0.1, -0.05) is 71.7 Å². The highest BCUT2D eigenvalue weighted by atomic mass is 35.5. The molecule has 0 aromatic heterocycles. The van der Waals surface area contributed by atoms with Crippen LogP contribution in [0.15, 0.2) is 72.8 Å². The minimum absolute atomic E-state index is 0.00512. The highest BCUT2D eigenvalue weighted by molar-refractivity contribution is 6.37. The number of halogens is 7. The second-order valence-corrected chi connectivity index (χ2v) is 10.1. The Morgan fingerprint density at radius 2 is 1.36 bits per heavy atom. The van der Waals surface area contributed by atoms with Crippen LogP contribution in [0.25, 0.3) is 22.3 Å². The van der Waals surface area contributed by atoms with Crippen molar-refractivity contribution in [1.82, 2.24) is 0 Å². The predicted octanol–water partition coefficient (Wildman–Crippen LogP) is 8.54. The SMILES string of the molecule is CCOC(=O)COC1(C(F)(F)F)c2ccccc2-c2c(Cl)cc(F)cc21.O=C1c2ccccc2-c2c(Cl)cc(F)cc21. The molecule has 0 bridgehead atoms. The zero-order valence-corrected chi connectivity index (χ0v) is 23.1. The molecule has 0 spiro atoms. The first kappa shape index (κ1) is 29.7. The van der Waals surface area contributed by atoms with Crippen molar-refractivity contribution in [3.63, 3.8) is 0 Å². The molecule has 6 rings (SSSR count). The van der Waals surface area contributed by atoms with Gasteiger partial charge in [-0.15, -0.1) is 0 Å². The number of benzene rings is 4. The number of ether oxygens (including phenoxy) is 2. The first-order valence-corrected chi connectivity index (χ1v) is 13.2. The summed E-state index contributed by atoms with van der Waals surface area (Å²) in [6.07, 6.45) is -4.97. The molecular weight excluding hydrogens is 602 g/mol. The molecule has 0 N–H and O–H groups in total. The van der Waals surface area contributed by atoms with Crippen LogP contribution in [0.2, 0.25) is 10.0 Å². The molecule has 1 atom stereocenters. The monoisotopic (exact) mass is 620 g/mol. The molecule has 216 valence electrons. The number of carbonyl (C=O) groups excluding carboxylic acids is 2. The van der Waals surface area contributed by atoms with Crippen molar-refractivity contribution in [2.45, 2.75) is 18.7 Å². The largest absolute Gasteiger partial charge is 0.464 e. The van der Waals surface area contributed by atoms with Crippen LogP contribution < -0.4 is 0 Å². The lowest BCUT2D eigenvalue weighted by atomic mass is 9.90. The zero-order chi connectivity index (χ0) is 30.4. The van der Waals surface area contributed by atoms with Crippen LogP contribution in [0.5, 0.6) is 0 Å². The van der Waals surface area contributed by atoms with E-state index in [1.807, 2.05) is 12.1 Å². The summed E-state index contributed by atoms with van der Waals surface area (Å²) in [6, 6.07) is 16.9. The van der Waals surface area contributed by atoms with E-state index in [0.717, 1.165) is 17.7 Å². The third kappa shape index (κ3) is 4.85. The Kier molecular flexibility index (Phi) is 7.87. The quantitative estimate of drug-likeness (QED) is 0.149. The number of carbonyl (C=O) groups is 2. The molecule has 1 unspecified atom stereocenters. The van der Waals surface area contributed by atoms with Gasteiger partial charge in [-0.05, 0) is 42.3 Å². The maximum Gasteiger partial charge on any atom is 0.426 e. The lowest BCUT2D eigenvalue weighted by molar-refractivity contribution is -0.265. The molecule has 0 saturated carbocycles. The molecule has 0 aliphatic heterocycles. The maximum absolute atomic E-state index is 14.2. The second kappa shape index (κ2) is 11.1. The van der Waals surface area contributed by atoms with Gasteiger partial charge in [0.05, 0.1) is 16.7 Å². The molecule has 4 aromatic rings. The lowest BCUT2D eigenvalue weighted by Gasteiger charge is -2.33. The van der Waals surface area contributed by atoms with Gasteiger partial charge in [-0.25, -0.2) is 13.6 Å². The third-order valence-corrected chi connectivity index (χ3v) is 7.46. The van der Waals surface area contributed by atoms with Crippen molar-refractivity contribution in [2.75, 3.05) is 13.2 Å². The predicted molar refractivity (Wildman–Crippen MR) is 147 cm³/mol. The number of alkyl halides is 3.